The Morgan fingerprint density at radius 2 is 1.73 bits per heavy atom. The number of nitrogens with zero attached hydrogens (tertiary/aromatic N) is 2. The molecule has 0 spiro atoms. The molecule has 0 unspecified atom stereocenters. The molecule has 1 aliphatic carbocycles. The van der Waals surface area contributed by atoms with Gasteiger partial charge >= 0.3 is 11.7 Å². The van der Waals surface area contributed by atoms with Gasteiger partial charge in [0.25, 0.3) is 0 Å². The molecule has 0 radical (unpaired) electrons. The van der Waals surface area contributed by atoms with Crippen LogP contribution in [0, 0.1) is 5.92 Å². The maximum atomic E-state index is 13.3. The van der Waals surface area contributed by atoms with Crippen LogP contribution in [0.2, 0.25) is 0 Å². The summed E-state index contributed by atoms with van der Waals surface area (Å²) in [6.45, 7) is 5.68. The van der Waals surface area contributed by atoms with Crippen molar-refractivity contribution in [2.75, 3.05) is 0 Å². The van der Waals surface area contributed by atoms with Crippen molar-refractivity contribution >= 4 is 5.97 Å². The number of hydrogen-bond acceptors (Lipinski definition) is 2. The predicted molar refractivity (Wildman–Crippen MR) is 132 cm³/mol. The molecule has 4 rings (SSSR count). The van der Waals surface area contributed by atoms with Crippen molar-refractivity contribution in [1.29, 1.82) is 0 Å². The minimum absolute atomic E-state index is 0.0801. The molecule has 0 amide bonds. The monoisotopic (exact) mass is 446 g/mol. The van der Waals surface area contributed by atoms with E-state index in [0.29, 0.717) is 29.5 Å². The molecule has 1 N–H and O–H groups in total. The fourth-order valence-corrected chi connectivity index (χ4v) is 4.88. The van der Waals surface area contributed by atoms with Gasteiger partial charge in [-0.3, -0.25) is 9.13 Å². The number of carboxylic acid groups (broad SMARTS) is 1. The van der Waals surface area contributed by atoms with E-state index in [1.807, 2.05) is 45.5 Å². The van der Waals surface area contributed by atoms with Gasteiger partial charge in [-0.1, -0.05) is 75.6 Å². The fraction of sp³-hybridized carbons (Fsp3) is 0.429. The molecule has 1 heterocycles. The number of rotatable bonds is 8. The summed E-state index contributed by atoms with van der Waals surface area (Å²) >= 11 is 0. The van der Waals surface area contributed by atoms with Crippen molar-refractivity contribution < 1.29 is 9.90 Å². The van der Waals surface area contributed by atoms with Crippen molar-refractivity contribution in [2.24, 2.45) is 5.92 Å². The molecule has 1 fully saturated rings. The van der Waals surface area contributed by atoms with Crippen molar-refractivity contribution in [1.82, 2.24) is 9.13 Å². The molecule has 1 saturated carbocycles. The highest BCUT2D eigenvalue weighted by Gasteiger charge is 2.22. The topological polar surface area (TPSA) is 64.2 Å². The fourth-order valence-electron chi connectivity index (χ4n) is 4.88. The van der Waals surface area contributed by atoms with Crippen molar-refractivity contribution in [3.63, 3.8) is 0 Å². The van der Waals surface area contributed by atoms with E-state index in [0.717, 1.165) is 36.9 Å². The van der Waals surface area contributed by atoms with Gasteiger partial charge in [-0.15, -0.1) is 0 Å². The molecule has 174 valence electrons. The normalized spacial score (nSPS) is 14.6. The Balaban J connectivity index is 1.63. The highest BCUT2D eigenvalue weighted by Crippen LogP contribution is 2.32. The Bertz CT molecular complexity index is 1150. The number of carbonyl (C=O) groups is 1. The average molecular weight is 447 g/mol. The number of benzene rings is 2. The molecule has 1 aliphatic rings. The van der Waals surface area contributed by atoms with E-state index in [9.17, 15) is 14.7 Å². The van der Waals surface area contributed by atoms with Gasteiger partial charge in [0.1, 0.15) is 0 Å². The van der Waals surface area contributed by atoms with Crippen LogP contribution in [0.5, 0.6) is 0 Å². The third-order valence-corrected chi connectivity index (χ3v) is 6.81. The van der Waals surface area contributed by atoms with Crippen molar-refractivity contribution in [3.8, 4) is 11.1 Å². The molecule has 5 heteroatoms. The van der Waals surface area contributed by atoms with Gasteiger partial charge in [-0.05, 0) is 47.9 Å². The number of hydrogen-bond donors (Lipinski definition) is 1. The molecule has 3 aromatic rings. The molecule has 0 aliphatic heterocycles. The van der Waals surface area contributed by atoms with Crippen LogP contribution in [0.4, 0.5) is 0 Å². The summed E-state index contributed by atoms with van der Waals surface area (Å²) in [5.41, 5.74) is 4.17. The molecule has 0 saturated heterocycles. The molecule has 33 heavy (non-hydrogen) atoms. The Kier molecular flexibility index (Phi) is 7.17. The standard InChI is InChI=1S/C28H34N2O3/c1-20(2)16-17-29-19-26(23-8-4-3-5-9-23)30(28(29)33)18-21-12-14-22(15-13-21)24-10-6-7-11-25(24)27(31)32/h6-7,10-15,19-20,23H,3-5,8-9,16-18H2,1-2H3,(H,31,32). The first-order chi connectivity index (χ1) is 15.9. The third-order valence-electron chi connectivity index (χ3n) is 6.81. The van der Waals surface area contributed by atoms with Gasteiger partial charge in [-0.25, -0.2) is 9.59 Å². The summed E-state index contributed by atoms with van der Waals surface area (Å²) in [5.74, 6) is 0.0779. The lowest BCUT2D eigenvalue weighted by atomic mass is 9.87. The average Bonchev–Trinajstić information content (AvgIpc) is 3.14. The highest BCUT2D eigenvalue weighted by atomic mass is 16.4. The molecule has 0 bridgehead atoms. The highest BCUT2D eigenvalue weighted by molar-refractivity contribution is 5.95. The Morgan fingerprint density at radius 1 is 1.03 bits per heavy atom. The molecular formula is C28H34N2O3. The second-order valence-corrected chi connectivity index (χ2v) is 9.68. The van der Waals surface area contributed by atoms with Crippen molar-refractivity contribution in [3.05, 3.63) is 82.0 Å². The lowest BCUT2D eigenvalue weighted by molar-refractivity contribution is 0.0697. The lowest BCUT2D eigenvalue weighted by Gasteiger charge is -2.22. The maximum Gasteiger partial charge on any atom is 0.336 e. The molecule has 2 aromatic carbocycles. The summed E-state index contributed by atoms with van der Waals surface area (Å²) in [7, 11) is 0. The van der Waals surface area contributed by atoms with Crippen LogP contribution in [-0.4, -0.2) is 20.2 Å². The molecule has 0 atom stereocenters. The van der Waals surface area contributed by atoms with Crippen molar-refractivity contribution in [2.45, 2.75) is 71.4 Å². The zero-order chi connectivity index (χ0) is 23.4. The van der Waals surface area contributed by atoms with E-state index in [-0.39, 0.29) is 5.69 Å². The number of carboxylic acids is 1. The van der Waals surface area contributed by atoms with Gasteiger partial charge in [0.15, 0.2) is 0 Å². The third kappa shape index (κ3) is 5.29. The van der Waals surface area contributed by atoms with E-state index in [2.05, 4.69) is 20.0 Å². The summed E-state index contributed by atoms with van der Waals surface area (Å²) in [4.78, 5) is 24.9. The van der Waals surface area contributed by atoms with E-state index < -0.39 is 5.97 Å². The van der Waals surface area contributed by atoms with E-state index in [1.165, 1.54) is 25.0 Å². The van der Waals surface area contributed by atoms with Crippen LogP contribution < -0.4 is 5.69 Å². The summed E-state index contributed by atoms with van der Waals surface area (Å²) in [6, 6.07) is 15.0. The Hall–Kier alpha value is -3.08. The first-order valence-electron chi connectivity index (χ1n) is 12.2. The zero-order valence-corrected chi connectivity index (χ0v) is 19.7. The minimum Gasteiger partial charge on any atom is -0.478 e. The quantitative estimate of drug-likeness (QED) is 0.451. The van der Waals surface area contributed by atoms with Gasteiger partial charge in [-0.2, -0.15) is 0 Å². The van der Waals surface area contributed by atoms with Crippen LogP contribution in [0.3, 0.4) is 0 Å². The first-order valence-corrected chi connectivity index (χ1v) is 12.2. The van der Waals surface area contributed by atoms with Crippen LogP contribution in [-0.2, 0) is 13.1 Å². The van der Waals surface area contributed by atoms with Crippen LogP contribution >= 0.6 is 0 Å². The van der Waals surface area contributed by atoms with Gasteiger partial charge in [0.2, 0.25) is 0 Å². The Morgan fingerprint density at radius 3 is 2.39 bits per heavy atom. The Labute approximate surface area is 195 Å². The SMILES string of the molecule is CC(C)CCn1cc(C2CCCCC2)n(Cc2ccc(-c3ccccc3C(=O)O)cc2)c1=O. The maximum absolute atomic E-state index is 13.3. The molecule has 5 nitrogen and oxygen atoms in total. The van der Waals surface area contributed by atoms with E-state index in [1.54, 1.807) is 12.1 Å². The zero-order valence-electron chi connectivity index (χ0n) is 19.7. The van der Waals surface area contributed by atoms with E-state index >= 15 is 0 Å². The second kappa shape index (κ2) is 10.2. The minimum atomic E-state index is -0.930. The van der Waals surface area contributed by atoms with Gasteiger partial charge < -0.3 is 5.11 Å². The molecule has 1 aromatic heterocycles. The smallest absolute Gasteiger partial charge is 0.336 e. The van der Waals surface area contributed by atoms with Gasteiger partial charge in [0, 0.05) is 24.4 Å². The summed E-state index contributed by atoms with van der Waals surface area (Å²) in [5, 5.41) is 9.50. The summed E-state index contributed by atoms with van der Waals surface area (Å²) in [6.07, 6.45) is 9.15. The van der Waals surface area contributed by atoms with E-state index in [4.69, 9.17) is 0 Å². The number of aromatic carboxylic acids is 1. The number of aromatic nitrogens is 2. The number of aryl methyl sites for hydroxylation is 1. The largest absolute Gasteiger partial charge is 0.478 e. The second-order valence-electron chi connectivity index (χ2n) is 9.68. The summed E-state index contributed by atoms with van der Waals surface area (Å²) < 4.78 is 3.87. The first kappa shape index (κ1) is 23.1. The number of imidazole rings is 1. The van der Waals surface area contributed by atoms with Crippen LogP contribution in [0.15, 0.2) is 59.5 Å². The lowest BCUT2D eigenvalue weighted by Crippen LogP contribution is -2.26. The predicted octanol–water partition coefficient (Wildman–Crippen LogP) is 6.16. The van der Waals surface area contributed by atoms with Crippen LogP contribution in [0.25, 0.3) is 11.1 Å². The van der Waals surface area contributed by atoms with Crippen LogP contribution in [0.1, 0.15) is 79.9 Å². The molecular weight excluding hydrogens is 412 g/mol. The van der Waals surface area contributed by atoms with Gasteiger partial charge in [0.05, 0.1) is 12.1 Å².